The molecule has 1 aliphatic rings. The third-order valence-corrected chi connectivity index (χ3v) is 3.84. The Morgan fingerprint density at radius 1 is 1.33 bits per heavy atom. The van der Waals surface area contributed by atoms with E-state index < -0.39 is 5.60 Å². The zero-order valence-corrected chi connectivity index (χ0v) is 13.5. The first-order chi connectivity index (χ1) is 9.80. The molecule has 0 saturated heterocycles. The molecule has 6 heteroatoms. The number of methoxy groups -OCH3 is 1. The van der Waals surface area contributed by atoms with Crippen LogP contribution in [0.5, 0.6) is 0 Å². The lowest BCUT2D eigenvalue weighted by Crippen LogP contribution is -2.35. The second-order valence-electron chi connectivity index (χ2n) is 5.78. The zero-order chi connectivity index (χ0) is 15.6. The maximum Gasteiger partial charge on any atom is 0.410 e. The van der Waals surface area contributed by atoms with Crippen molar-refractivity contribution in [1.82, 2.24) is 4.90 Å². The van der Waals surface area contributed by atoms with Crippen LogP contribution in [0, 0.1) is 0 Å². The summed E-state index contributed by atoms with van der Waals surface area (Å²) >= 11 is 1.34. The molecule has 0 bridgehead atoms. The van der Waals surface area contributed by atoms with Crippen molar-refractivity contribution in [2.24, 2.45) is 0 Å². The van der Waals surface area contributed by atoms with Gasteiger partial charge >= 0.3 is 12.1 Å². The quantitative estimate of drug-likeness (QED) is 0.787. The molecular formula is C15H19NO4S. The van der Waals surface area contributed by atoms with E-state index in [0.29, 0.717) is 18.0 Å². The Labute approximate surface area is 128 Å². The maximum atomic E-state index is 12.0. The highest BCUT2D eigenvalue weighted by Gasteiger charge is 2.26. The normalized spacial score (nSPS) is 14.9. The standard InChI is InChI=1S/C15H19NO4S/c1-15(2,3)20-14(18)16-6-5-10(8-16)11-7-12(21-9-11)13(17)19-4/h5,7,9H,6,8H2,1-4H3. The Morgan fingerprint density at radius 2 is 2.05 bits per heavy atom. The lowest BCUT2D eigenvalue weighted by atomic mass is 10.1. The number of nitrogens with zero attached hydrogens (tertiary/aromatic N) is 1. The topological polar surface area (TPSA) is 55.8 Å². The van der Waals surface area contributed by atoms with E-state index >= 15 is 0 Å². The first-order valence-corrected chi connectivity index (χ1v) is 7.52. The Balaban J connectivity index is 2.00. The van der Waals surface area contributed by atoms with Crippen LogP contribution in [0.25, 0.3) is 5.57 Å². The SMILES string of the molecule is COC(=O)c1cc(C2=CCN(C(=O)OC(C)(C)C)C2)cs1. The summed E-state index contributed by atoms with van der Waals surface area (Å²) in [6, 6.07) is 1.79. The van der Waals surface area contributed by atoms with E-state index in [9.17, 15) is 9.59 Å². The van der Waals surface area contributed by atoms with Gasteiger partial charge in [0.1, 0.15) is 10.5 Å². The zero-order valence-electron chi connectivity index (χ0n) is 12.6. The molecule has 2 heterocycles. The van der Waals surface area contributed by atoms with E-state index in [4.69, 9.17) is 9.47 Å². The summed E-state index contributed by atoms with van der Waals surface area (Å²) in [6.45, 7) is 6.55. The molecule has 0 unspecified atom stereocenters. The molecule has 1 amide bonds. The Bertz CT molecular complexity index is 583. The minimum Gasteiger partial charge on any atom is -0.465 e. The van der Waals surface area contributed by atoms with Crippen LogP contribution in [0.4, 0.5) is 4.79 Å². The molecule has 0 spiro atoms. The number of rotatable bonds is 2. The number of amides is 1. The number of thiophene rings is 1. The van der Waals surface area contributed by atoms with Crippen molar-refractivity contribution in [1.29, 1.82) is 0 Å². The van der Waals surface area contributed by atoms with E-state index in [1.165, 1.54) is 18.4 Å². The fourth-order valence-electron chi connectivity index (χ4n) is 1.94. The number of ether oxygens (including phenoxy) is 2. The molecule has 0 N–H and O–H groups in total. The highest BCUT2D eigenvalue weighted by Crippen LogP contribution is 2.27. The van der Waals surface area contributed by atoms with E-state index in [0.717, 1.165) is 11.1 Å². The van der Waals surface area contributed by atoms with Gasteiger partial charge in [0.2, 0.25) is 0 Å². The highest BCUT2D eigenvalue weighted by molar-refractivity contribution is 7.12. The van der Waals surface area contributed by atoms with Gasteiger partial charge in [-0.3, -0.25) is 0 Å². The van der Waals surface area contributed by atoms with Gasteiger partial charge in [-0.05, 0) is 43.4 Å². The number of hydrogen-bond acceptors (Lipinski definition) is 5. The summed E-state index contributed by atoms with van der Waals surface area (Å²) in [5.41, 5.74) is 1.47. The van der Waals surface area contributed by atoms with Gasteiger partial charge in [-0.25, -0.2) is 9.59 Å². The number of carbonyl (C=O) groups excluding carboxylic acids is 2. The molecule has 0 saturated carbocycles. The largest absolute Gasteiger partial charge is 0.465 e. The number of hydrogen-bond donors (Lipinski definition) is 0. The van der Waals surface area contributed by atoms with Crippen molar-refractivity contribution in [2.45, 2.75) is 26.4 Å². The third kappa shape index (κ3) is 3.85. The fraction of sp³-hybridized carbons (Fsp3) is 0.467. The van der Waals surface area contributed by atoms with Crippen molar-refractivity contribution in [3.8, 4) is 0 Å². The molecule has 0 fully saturated rings. The van der Waals surface area contributed by atoms with E-state index in [-0.39, 0.29) is 12.1 Å². The molecule has 0 aliphatic carbocycles. The van der Waals surface area contributed by atoms with E-state index in [1.807, 2.05) is 32.2 Å². The van der Waals surface area contributed by atoms with Gasteiger partial charge in [0.15, 0.2) is 0 Å². The number of esters is 1. The summed E-state index contributed by atoms with van der Waals surface area (Å²) < 4.78 is 10.0. The summed E-state index contributed by atoms with van der Waals surface area (Å²) in [5, 5.41) is 1.90. The van der Waals surface area contributed by atoms with Crippen molar-refractivity contribution in [3.63, 3.8) is 0 Å². The molecule has 2 rings (SSSR count). The lowest BCUT2D eigenvalue weighted by Gasteiger charge is -2.24. The first kappa shape index (κ1) is 15.6. The maximum absolute atomic E-state index is 12.0. The molecule has 1 aromatic rings. The van der Waals surface area contributed by atoms with Gasteiger partial charge < -0.3 is 14.4 Å². The van der Waals surface area contributed by atoms with Crippen LogP contribution >= 0.6 is 11.3 Å². The molecule has 1 aliphatic heterocycles. The molecule has 114 valence electrons. The summed E-state index contributed by atoms with van der Waals surface area (Å²) in [7, 11) is 1.36. The average Bonchev–Trinajstić information content (AvgIpc) is 3.04. The summed E-state index contributed by atoms with van der Waals surface area (Å²) in [5.74, 6) is -0.339. The van der Waals surface area contributed by atoms with Crippen LogP contribution in [-0.4, -0.2) is 42.8 Å². The Kier molecular flexibility index (Phi) is 4.37. The van der Waals surface area contributed by atoms with Crippen LogP contribution in [0.1, 0.15) is 36.0 Å². The van der Waals surface area contributed by atoms with Gasteiger partial charge in [0.05, 0.1) is 7.11 Å². The van der Waals surface area contributed by atoms with Gasteiger partial charge in [0, 0.05) is 13.1 Å². The predicted molar refractivity (Wildman–Crippen MR) is 81.4 cm³/mol. The molecule has 5 nitrogen and oxygen atoms in total. The minimum absolute atomic E-state index is 0.322. The predicted octanol–water partition coefficient (Wildman–Crippen LogP) is 3.17. The molecule has 21 heavy (non-hydrogen) atoms. The van der Waals surface area contributed by atoms with Crippen LogP contribution < -0.4 is 0 Å². The van der Waals surface area contributed by atoms with Crippen LogP contribution in [0.15, 0.2) is 17.5 Å². The van der Waals surface area contributed by atoms with Crippen molar-refractivity contribution in [2.75, 3.05) is 20.2 Å². The van der Waals surface area contributed by atoms with Gasteiger partial charge in [-0.2, -0.15) is 0 Å². The van der Waals surface area contributed by atoms with E-state index in [2.05, 4.69) is 0 Å². The molecule has 1 aromatic heterocycles. The second kappa shape index (κ2) is 5.89. The summed E-state index contributed by atoms with van der Waals surface area (Å²) in [6.07, 6.45) is 1.66. The summed E-state index contributed by atoms with van der Waals surface area (Å²) in [4.78, 5) is 25.6. The van der Waals surface area contributed by atoms with Gasteiger partial charge in [-0.15, -0.1) is 11.3 Å². The first-order valence-electron chi connectivity index (χ1n) is 6.64. The molecule has 0 atom stereocenters. The third-order valence-electron chi connectivity index (χ3n) is 2.93. The van der Waals surface area contributed by atoms with Crippen molar-refractivity contribution < 1.29 is 19.1 Å². The monoisotopic (exact) mass is 309 g/mol. The van der Waals surface area contributed by atoms with Crippen LogP contribution in [0.3, 0.4) is 0 Å². The molecular weight excluding hydrogens is 290 g/mol. The molecule has 0 radical (unpaired) electrons. The number of carbonyl (C=O) groups is 2. The van der Waals surface area contributed by atoms with Crippen molar-refractivity contribution in [3.05, 3.63) is 28.0 Å². The van der Waals surface area contributed by atoms with Crippen molar-refractivity contribution >= 4 is 29.0 Å². The minimum atomic E-state index is -0.500. The highest BCUT2D eigenvalue weighted by atomic mass is 32.1. The van der Waals surface area contributed by atoms with Crippen LogP contribution in [-0.2, 0) is 9.47 Å². The average molecular weight is 309 g/mol. The van der Waals surface area contributed by atoms with Crippen LogP contribution in [0.2, 0.25) is 0 Å². The fourth-order valence-corrected chi connectivity index (χ4v) is 2.79. The van der Waals surface area contributed by atoms with E-state index in [1.54, 1.807) is 11.0 Å². The second-order valence-corrected chi connectivity index (χ2v) is 6.69. The smallest absolute Gasteiger partial charge is 0.410 e. The lowest BCUT2D eigenvalue weighted by molar-refractivity contribution is 0.0306. The van der Waals surface area contributed by atoms with Gasteiger partial charge in [0.25, 0.3) is 0 Å². The molecule has 0 aromatic carbocycles. The van der Waals surface area contributed by atoms with Gasteiger partial charge in [-0.1, -0.05) is 6.08 Å². The Morgan fingerprint density at radius 3 is 2.67 bits per heavy atom. The Hall–Kier alpha value is -1.82.